The van der Waals surface area contributed by atoms with Crippen LogP contribution in [0, 0.1) is 6.92 Å². The number of benzene rings is 2. The normalized spacial score (nSPS) is 12.0. The van der Waals surface area contributed by atoms with Crippen molar-refractivity contribution in [1.29, 1.82) is 0 Å². The van der Waals surface area contributed by atoms with E-state index in [1.807, 2.05) is 55.6 Å². The van der Waals surface area contributed by atoms with E-state index < -0.39 is 5.97 Å². The standard InChI is InChI=1S/C25H25N3O4/c1-16-4-7-22(31-3)12-23(16)19-11-20(25-26-15-27-28(25)13-19)14-32-21-8-5-18(6-9-21)17(2)10-24(29)30/h4-9,11-13,15,17H,10,14H2,1-3H3,(H,29,30). The first kappa shape index (κ1) is 21.4. The topological polar surface area (TPSA) is 86.0 Å². The molecule has 0 saturated carbocycles. The Labute approximate surface area is 186 Å². The first-order valence-electron chi connectivity index (χ1n) is 10.4. The summed E-state index contributed by atoms with van der Waals surface area (Å²) in [5.74, 6) is 0.637. The number of carboxylic acid groups (broad SMARTS) is 1. The molecule has 0 amide bonds. The van der Waals surface area contributed by atoms with Crippen molar-refractivity contribution in [3.05, 3.63) is 77.7 Å². The van der Waals surface area contributed by atoms with Crippen LogP contribution >= 0.6 is 0 Å². The molecule has 2 heterocycles. The third-order valence-electron chi connectivity index (χ3n) is 5.53. The van der Waals surface area contributed by atoms with Gasteiger partial charge in [-0.05, 0) is 59.9 Å². The molecule has 32 heavy (non-hydrogen) atoms. The molecule has 1 N–H and O–H groups in total. The molecule has 0 spiro atoms. The van der Waals surface area contributed by atoms with Crippen LogP contribution in [0.1, 0.15) is 36.0 Å². The number of rotatable bonds is 8. The minimum atomic E-state index is -0.804. The van der Waals surface area contributed by atoms with E-state index in [4.69, 9.17) is 14.6 Å². The Kier molecular flexibility index (Phi) is 6.07. The molecule has 0 aliphatic rings. The van der Waals surface area contributed by atoms with E-state index in [0.717, 1.165) is 39.2 Å². The van der Waals surface area contributed by atoms with Gasteiger partial charge in [0.2, 0.25) is 0 Å². The van der Waals surface area contributed by atoms with Crippen molar-refractivity contribution >= 4 is 11.6 Å². The zero-order chi connectivity index (χ0) is 22.7. The average Bonchev–Trinajstić information content (AvgIpc) is 3.26. The number of carbonyl (C=O) groups is 1. The summed E-state index contributed by atoms with van der Waals surface area (Å²) in [6, 6.07) is 15.6. The number of fused-ring (bicyclic) bond motifs is 1. The minimum Gasteiger partial charge on any atom is -0.497 e. The zero-order valence-corrected chi connectivity index (χ0v) is 18.3. The predicted octanol–water partition coefficient (Wildman–Crippen LogP) is 4.87. The van der Waals surface area contributed by atoms with Crippen LogP contribution in [0.2, 0.25) is 0 Å². The summed E-state index contributed by atoms with van der Waals surface area (Å²) in [7, 11) is 1.65. The summed E-state index contributed by atoms with van der Waals surface area (Å²) < 4.78 is 13.2. The molecule has 2 aromatic carbocycles. The van der Waals surface area contributed by atoms with Crippen molar-refractivity contribution in [2.24, 2.45) is 0 Å². The van der Waals surface area contributed by atoms with Crippen LogP contribution in [-0.2, 0) is 11.4 Å². The summed E-state index contributed by atoms with van der Waals surface area (Å²) >= 11 is 0. The molecule has 1 unspecified atom stereocenters. The number of hydrogen-bond acceptors (Lipinski definition) is 5. The van der Waals surface area contributed by atoms with Crippen molar-refractivity contribution in [3.63, 3.8) is 0 Å². The third kappa shape index (κ3) is 4.56. The van der Waals surface area contributed by atoms with E-state index >= 15 is 0 Å². The SMILES string of the molecule is COc1ccc(C)c(-c2cc(COc3ccc(C(C)CC(=O)O)cc3)c3ncnn3c2)c1. The van der Waals surface area contributed by atoms with Gasteiger partial charge >= 0.3 is 5.97 Å². The number of ether oxygens (including phenoxy) is 2. The maximum Gasteiger partial charge on any atom is 0.303 e. The maximum absolute atomic E-state index is 10.9. The fraction of sp³-hybridized carbons (Fsp3) is 0.240. The largest absolute Gasteiger partial charge is 0.497 e. The molecule has 1 atom stereocenters. The number of hydrogen-bond donors (Lipinski definition) is 1. The monoisotopic (exact) mass is 431 g/mol. The molecule has 7 heteroatoms. The lowest BCUT2D eigenvalue weighted by Crippen LogP contribution is -2.03. The predicted molar refractivity (Wildman–Crippen MR) is 121 cm³/mol. The van der Waals surface area contributed by atoms with Gasteiger partial charge in [-0.3, -0.25) is 4.79 Å². The highest BCUT2D eigenvalue weighted by Crippen LogP contribution is 2.30. The van der Waals surface area contributed by atoms with Gasteiger partial charge in [0.05, 0.1) is 13.5 Å². The highest BCUT2D eigenvalue weighted by molar-refractivity contribution is 5.71. The first-order valence-corrected chi connectivity index (χ1v) is 10.4. The van der Waals surface area contributed by atoms with Gasteiger partial charge in [-0.25, -0.2) is 9.50 Å². The molecule has 2 aromatic heterocycles. The molecule has 4 rings (SSSR count). The molecule has 0 aliphatic heterocycles. The van der Waals surface area contributed by atoms with Gasteiger partial charge in [0.1, 0.15) is 24.4 Å². The molecule has 164 valence electrons. The van der Waals surface area contributed by atoms with Crippen LogP contribution in [0.25, 0.3) is 16.8 Å². The van der Waals surface area contributed by atoms with E-state index in [9.17, 15) is 4.79 Å². The van der Waals surface area contributed by atoms with Gasteiger partial charge in [0.25, 0.3) is 0 Å². The molecular formula is C25H25N3O4. The maximum atomic E-state index is 10.9. The molecular weight excluding hydrogens is 406 g/mol. The quantitative estimate of drug-likeness (QED) is 0.428. The van der Waals surface area contributed by atoms with Crippen molar-refractivity contribution < 1.29 is 19.4 Å². The summed E-state index contributed by atoms with van der Waals surface area (Å²) in [5, 5.41) is 13.3. The Hall–Kier alpha value is -3.87. The lowest BCUT2D eigenvalue weighted by Gasteiger charge is -2.13. The van der Waals surface area contributed by atoms with Crippen molar-refractivity contribution in [1.82, 2.24) is 14.6 Å². The Morgan fingerprint density at radius 2 is 1.88 bits per heavy atom. The Balaban J connectivity index is 1.59. The highest BCUT2D eigenvalue weighted by Gasteiger charge is 2.13. The summed E-state index contributed by atoms with van der Waals surface area (Å²) in [4.78, 5) is 15.3. The Morgan fingerprint density at radius 1 is 1.12 bits per heavy atom. The van der Waals surface area contributed by atoms with Gasteiger partial charge in [-0.2, -0.15) is 5.10 Å². The van der Waals surface area contributed by atoms with Gasteiger partial charge in [-0.15, -0.1) is 0 Å². The van der Waals surface area contributed by atoms with Crippen molar-refractivity contribution in [2.45, 2.75) is 32.8 Å². The zero-order valence-electron chi connectivity index (χ0n) is 18.3. The highest BCUT2D eigenvalue weighted by atomic mass is 16.5. The molecule has 0 bridgehead atoms. The second-order valence-corrected chi connectivity index (χ2v) is 7.82. The molecule has 0 radical (unpaired) electrons. The van der Waals surface area contributed by atoms with Crippen LogP contribution in [0.5, 0.6) is 11.5 Å². The first-order chi connectivity index (χ1) is 15.4. The number of nitrogens with zero attached hydrogens (tertiary/aromatic N) is 3. The molecule has 7 nitrogen and oxygen atoms in total. The number of pyridine rings is 1. The lowest BCUT2D eigenvalue weighted by atomic mass is 9.98. The van der Waals surface area contributed by atoms with Crippen LogP contribution in [0.4, 0.5) is 0 Å². The van der Waals surface area contributed by atoms with E-state index in [1.165, 1.54) is 6.33 Å². The second kappa shape index (κ2) is 9.09. The number of methoxy groups -OCH3 is 1. The number of aliphatic carboxylic acids is 1. The van der Waals surface area contributed by atoms with Crippen LogP contribution < -0.4 is 9.47 Å². The number of aryl methyl sites for hydroxylation is 1. The average molecular weight is 431 g/mol. The van der Waals surface area contributed by atoms with E-state index in [0.29, 0.717) is 12.4 Å². The van der Waals surface area contributed by atoms with Crippen LogP contribution in [-0.4, -0.2) is 32.8 Å². The van der Waals surface area contributed by atoms with E-state index in [-0.39, 0.29) is 12.3 Å². The molecule has 0 saturated heterocycles. The number of aromatic nitrogens is 3. The van der Waals surface area contributed by atoms with Gasteiger partial charge in [-0.1, -0.05) is 25.1 Å². The fourth-order valence-corrected chi connectivity index (χ4v) is 3.72. The Morgan fingerprint density at radius 3 is 2.59 bits per heavy atom. The summed E-state index contributed by atoms with van der Waals surface area (Å²) in [5.41, 5.74) is 5.79. The summed E-state index contributed by atoms with van der Waals surface area (Å²) in [6.45, 7) is 4.28. The van der Waals surface area contributed by atoms with Crippen molar-refractivity contribution in [2.75, 3.05) is 7.11 Å². The fourth-order valence-electron chi connectivity index (χ4n) is 3.72. The molecule has 0 aliphatic carbocycles. The lowest BCUT2D eigenvalue weighted by molar-refractivity contribution is -0.137. The molecule has 4 aromatic rings. The molecule has 0 fully saturated rings. The van der Waals surface area contributed by atoms with Crippen LogP contribution in [0.3, 0.4) is 0 Å². The van der Waals surface area contributed by atoms with Crippen LogP contribution in [0.15, 0.2) is 61.1 Å². The van der Waals surface area contributed by atoms with Crippen molar-refractivity contribution in [3.8, 4) is 22.6 Å². The second-order valence-electron chi connectivity index (χ2n) is 7.82. The smallest absolute Gasteiger partial charge is 0.303 e. The van der Waals surface area contributed by atoms with Gasteiger partial charge < -0.3 is 14.6 Å². The minimum absolute atomic E-state index is 0.0556. The Bertz CT molecular complexity index is 1250. The van der Waals surface area contributed by atoms with Gasteiger partial charge in [0.15, 0.2) is 5.65 Å². The van der Waals surface area contributed by atoms with Gasteiger partial charge in [0, 0.05) is 17.3 Å². The van der Waals surface area contributed by atoms with E-state index in [2.05, 4.69) is 23.1 Å². The number of carboxylic acids is 1. The summed E-state index contributed by atoms with van der Waals surface area (Å²) in [6.07, 6.45) is 3.58. The third-order valence-corrected chi connectivity index (χ3v) is 5.53. The van der Waals surface area contributed by atoms with E-state index in [1.54, 1.807) is 11.6 Å².